The third-order valence-electron chi connectivity index (χ3n) is 4.93. The second kappa shape index (κ2) is 8.44. The number of rotatable bonds is 6. The van der Waals surface area contributed by atoms with Crippen molar-refractivity contribution in [2.75, 3.05) is 16.9 Å². The molecular formula is C19H21N7O2S2. The number of nitrogens with zero attached hydrogens (tertiary/aromatic N) is 4. The Bertz CT molecular complexity index is 1090. The van der Waals surface area contributed by atoms with Crippen molar-refractivity contribution in [2.45, 2.75) is 31.3 Å². The molecule has 156 valence electrons. The van der Waals surface area contributed by atoms with Gasteiger partial charge in [-0.1, -0.05) is 18.7 Å². The molecule has 0 spiro atoms. The zero-order valence-electron chi connectivity index (χ0n) is 16.3. The van der Waals surface area contributed by atoms with E-state index in [0.29, 0.717) is 27.5 Å². The molecule has 0 aromatic carbocycles. The number of nitrogens with two attached hydrogens (primary N) is 2. The van der Waals surface area contributed by atoms with Gasteiger partial charge in [0.05, 0.1) is 11.3 Å². The minimum atomic E-state index is -0.507. The number of carbonyl (C=O) groups excluding carboxylic acids is 2. The molecule has 0 saturated heterocycles. The summed E-state index contributed by atoms with van der Waals surface area (Å²) in [6, 6.07) is 3.61. The summed E-state index contributed by atoms with van der Waals surface area (Å²) in [5.74, 6) is 6.38. The van der Waals surface area contributed by atoms with Gasteiger partial charge in [-0.2, -0.15) is 0 Å². The lowest BCUT2D eigenvalue weighted by molar-refractivity contribution is -0.113. The monoisotopic (exact) mass is 443 g/mol. The third kappa shape index (κ3) is 4.03. The molecule has 0 bridgehead atoms. The Morgan fingerprint density at radius 2 is 2.23 bits per heavy atom. The van der Waals surface area contributed by atoms with Crippen molar-refractivity contribution < 1.29 is 9.59 Å². The molecule has 9 nitrogen and oxygen atoms in total. The minimum absolute atomic E-state index is 0.0690. The number of carbonyl (C=O) groups is 2. The Morgan fingerprint density at radius 3 is 2.97 bits per heavy atom. The van der Waals surface area contributed by atoms with E-state index >= 15 is 0 Å². The summed E-state index contributed by atoms with van der Waals surface area (Å²) in [5, 5.41) is 11.9. The summed E-state index contributed by atoms with van der Waals surface area (Å²) in [7, 11) is 0. The zero-order valence-corrected chi connectivity index (χ0v) is 17.9. The lowest BCUT2D eigenvalue weighted by Crippen LogP contribution is -2.20. The SMILES string of the molecule is C[C@H]1CCc2c(sc(NC(=O)CSc3nnc(-c4cccnc4)n3N)c2C(N)=O)C1. The van der Waals surface area contributed by atoms with Crippen LogP contribution in [0.25, 0.3) is 11.4 Å². The number of pyridine rings is 1. The molecule has 30 heavy (non-hydrogen) atoms. The summed E-state index contributed by atoms with van der Waals surface area (Å²) < 4.78 is 1.33. The fraction of sp³-hybridized carbons (Fsp3) is 0.316. The zero-order chi connectivity index (χ0) is 21.3. The van der Waals surface area contributed by atoms with Crippen molar-refractivity contribution >= 4 is 39.9 Å². The normalized spacial score (nSPS) is 15.6. The van der Waals surface area contributed by atoms with Gasteiger partial charge >= 0.3 is 0 Å². The maximum Gasteiger partial charge on any atom is 0.251 e. The van der Waals surface area contributed by atoms with Crippen LogP contribution in [0.3, 0.4) is 0 Å². The minimum Gasteiger partial charge on any atom is -0.365 e. The molecule has 11 heteroatoms. The van der Waals surface area contributed by atoms with Gasteiger partial charge in [-0.3, -0.25) is 14.6 Å². The van der Waals surface area contributed by atoms with E-state index < -0.39 is 5.91 Å². The smallest absolute Gasteiger partial charge is 0.251 e. The lowest BCUT2D eigenvalue weighted by atomic mass is 9.88. The van der Waals surface area contributed by atoms with Crippen LogP contribution in [0, 0.1) is 5.92 Å². The topological polar surface area (TPSA) is 142 Å². The van der Waals surface area contributed by atoms with E-state index in [2.05, 4.69) is 27.4 Å². The molecule has 3 aromatic rings. The Labute approximate surface area is 181 Å². The predicted octanol–water partition coefficient (Wildman–Crippen LogP) is 2.07. The van der Waals surface area contributed by atoms with E-state index in [9.17, 15) is 9.59 Å². The van der Waals surface area contributed by atoms with Gasteiger partial charge in [0.2, 0.25) is 11.1 Å². The van der Waals surface area contributed by atoms with Crippen LogP contribution in [-0.2, 0) is 17.6 Å². The van der Waals surface area contributed by atoms with Gasteiger partial charge in [0.25, 0.3) is 5.91 Å². The van der Waals surface area contributed by atoms with Gasteiger partial charge in [0.15, 0.2) is 5.82 Å². The molecule has 0 unspecified atom stereocenters. The summed E-state index contributed by atoms with van der Waals surface area (Å²) in [6.45, 7) is 2.18. The average molecular weight is 444 g/mol. The Kier molecular flexibility index (Phi) is 5.73. The number of thiophene rings is 1. The van der Waals surface area contributed by atoms with Gasteiger partial charge in [-0.05, 0) is 42.9 Å². The van der Waals surface area contributed by atoms with Crippen molar-refractivity contribution in [3.8, 4) is 11.4 Å². The van der Waals surface area contributed by atoms with E-state index in [1.807, 2.05) is 6.07 Å². The van der Waals surface area contributed by atoms with Crippen molar-refractivity contribution in [3.05, 3.63) is 40.5 Å². The largest absolute Gasteiger partial charge is 0.365 e. The highest BCUT2D eigenvalue weighted by molar-refractivity contribution is 7.99. The van der Waals surface area contributed by atoms with Gasteiger partial charge in [-0.25, -0.2) is 4.68 Å². The average Bonchev–Trinajstić information content (AvgIpc) is 3.26. The highest BCUT2D eigenvalue weighted by Crippen LogP contribution is 2.39. The Morgan fingerprint density at radius 1 is 1.40 bits per heavy atom. The van der Waals surface area contributed by atoms with Crippen molar-refractivity contribution in [1.82, 2.24) is 19.9 Å². The van der Waals surface area contributed by atoms with Gasteiger partial charge in [-0.15, -0.1) is 21.5 Å². The first-order valence-electron chi connectivity index (χ1n) is 9.42. The number of hydrogen-bond donors (Lipinski definition) is 3. The predicted molar refractivity (Wildman–Crippen MR) is 117 cm³/mol. The number of aromatic nitrogens is 4. The molecule has 0 fully saturated rings. The van der Waals surface area contributed by atoms with Crippen LogP contribution < -0.4 is 16.9 Å². The van der Waals surface area contributed by atoms with Crippen LogP contribution in [0.2, 0.25) is 0 Å². The number of amides is 2. The number of fused-ring (bicyclic) bond motifs is 1. The molecular weight excluding hydrogens is 422 g/mol. The van der Waals surface area contributed by atoms with Gasteiger partial charge < -0.3 is 16.9 Å². The highest BCUT2D eigenvalue weighted by atomic mass is 32.2. The summed E-state index contributed by atoms with van der Waals surface area (Å²) in [5.41, 5.74) is 7.76. The first kappa shape index (κ1) is 20.4. The molecule has 0 aliphatic heterocycles. The molecule has 5 N–H and O–H groups in total. The van der Waals surface area contributed by atoms with E-state index in [1.165, 1.54) is 16.0 Å². The Hall–Kier alpha value is -2.92. The first-order chi connectivity index (χ1) is 14.4. The summed E-state index contributed by atoms with van der Waals surface area (Å²) in [4.78, 5) is 29.7. The molecule has 0 saturated carbocycles. The standard InChI is InChI=1S/C19H21N7O2S2/c1-10-4-5-12-13(7-10)30-18(15(12)16(20)28)23-14(27)9-29-19-25-24-17(26(19)21)11-3-2-6-22-8-11/h2-3,6,8,10H,4-5,7,9,21H2,1H3,(H2,20,28)(H,23,27)/t10-/m0/s1. The molecule has 4 rings (SSSR count). The quantitative estimate of drug-likeness (QED) is 0.391. The maximum absolute atomic E-state index is 12.5. The van der Waals surface area contributed by atoms with Gasteiger partial charge in [0.1, 0.15) is 5.00 Å². The van der Waals surface area contributed by atoms with Crippen LogP contribution in [0.15, 0.2) is 29.7 Å². The summed E-state index contributed by atoms with van der Waals surface area (Å²) >= 11 is 2.60. The Balaban J connectivity index is 1.45. The van der Waals surface area contributed by atoms with E-state index in [4.69, 9.17) is 11.6 Å². The van der Waals surface area contributed by atoms with Gasteiger partial charge in [0, 0.05) is 22.8 Å². The van der Waals surface area contributed by atoms with E-state index in [-0.39, 0.29) is 11.7 Å². The van der Waals surface area contributed by atoms with E-state index in [1.54, 1.807) is 18.5 Å². The fourth-order valence-electron chi connectivity index (χ4n) is 3.46. The van der Waals surface area contributed by atoms with Crippen LogP contribution in [-0.4, -0.2) is 37.4 Å². The maximum atomic E-state index is 12.5. The lowest BCUT2D eigenvalue weighted by Gasteiger charge is -2.18. The van der Waals surface area contributed by atoms with Crippen molar-refractivity contribution in [2.24, 2.45) is 11.7 Å². The molecule has 3 heterocycles. The van der Waals surface area contributed by atoms with Crippen molar-refractivity contribution in [1.29, 1.82) is 0 Å². The van der Waals surface area contributed by atoms with Crippen molar-refractivity contribution in [3.63, 3.8) is 0 Å². The van der Waals surface area contributed by atoms with E-state index in [0.717, 1.165) is 47.0 Å². The number of primary amides is 1. The molecule has 1 aliphatic carbocycles. The third-order valence-corrected chi connectivity index (χ3v) is 7.04. The number of anilines is 1. The summed E-state index contributed by atoms with van der Waals surface area (Å²) in [6.07, 6.45) is 6.02. The molecule has 1 atom stereocenters. The number of thioether (sulfide) groups is 1. The second-order valence-electron chi connectivity index (χ2n) is 7.17. The fourth-order valence-corrected chi connectivity index (χ4v) is 5.55. The van der Waals surface area contributed by atoms with Crippen LogP contribution in [0.4, 0.5) is 5.00 Å². The highest BCUT2D eigenvalue weighted by Gasteiger charge is 2.27. The molecule has 3 aromatic heterocycles. The molecule has 0 radical (unpaired) electrons. The molecule has 1 aliphatic rings. The number of hydrogen-bond acceptors (Lipinski definition) is 8. The number of nitrogen functional groups attached to an aromatic ring is 1. The second-order valence-corrected chi connectivity index (χ2v) is 9.22. The van der Waals surface area contributed by atoms with Crippen LogP contribution in [0.1, 0.15) is 34.1 Å². The van der Waals surface area contributed by atoms with Crippen LogP contribution in [0.5, 0.6) is 0 Å². The van der Waals surface area contributed by atoms with Crippen LogP contribution >= 0.6 is 23.1 Å². The number of nitrogens with one attached hydrogen (secondary N) is 1. The first-order valence-corrected chi connectivity index (χ1v) is 11.2. The molecule has 2 amide bonds.